The lowest BCUT2D eigenvalue weighted by Gasteiger charge is -2.11. The predicted octanol–water partition coefficient (Wildman–Crippen LogP) is 2.83. The second kappa shape index (κ2) is 7.48. The standard InChI is InChI=1S/C12H16ClN3O3/c1-3-6-19-8-4-5-10(9(13)7-8)15-11(14)16-12(17)18-2/h4-5,7H,3,6H2,1-2H3,(H3,14,15,16,17). The van der Waals surface area contributed by atoms with Crippen LogP contribution < -0.4 is 15.4 Å². The van der Waals surface area contributed by atoms with E-state index in [1.165, 1.54) is 7.11 Å². The summed E-state index contributed by atoms with van der Waals surface area (Å²) in [4.78, 5) is 10.9. The van der Waals surface area contributed by atoms with Gasteiger partial charge in [-0.15, -0.1) is 0 Å². The largest absolute Gasteiger partial charge is 0.494 e. The molecule has 0 fully saturated rings. The van der Waals surface area contributed by atoms with E-state index in [2.05, 4.69) is 15.4 Å². The summed E-state index contributed by atoms with van der Waals surface area (Å²) < 4.78 is 9.79. The zero-order chi connectivity index (χ0) is 14.3. The van der Waals surface area contributed by atoms with Gasteiger partial charge in [-0.05, 0) is 18.6 Å². The molecule has 0 bridgehead atoms. The summed E-state index contributed by atoms with van der Waals surface area (Å²) in [7, 11) is 1.22. The van der Waals surface area contributed by atoms with Crippen molar-refractivity contribution in [2.45, 2.75) is 13.3 Å². The zero-order valence-corrected chi connectivity index (χ0v) is 11.5. The summed E-state index contributed by atoms with van der Waals surface area (Å²) in [5.74, 6) is 0.431. The highest BCUT2D eigenvalue weighted by atomic mass is 35.5. The molecule has 3 N–H and O–H groups in total. The number of amides is 1. The SMILES string of the molecule is CCCOc1ccc(NC(=N)NC(=O)OC)c(Cl)c1. The molecule has 1 rings (SSSR count). The molecule has 0 radical (unpaired) electrons. The van der Waals surface area contributed by atoms with Crippen LogP contribution in [0.15, 0.2) is 18.2 Å². The van der Waals surface area contributed by atoms with E-state index in [9.17, 15) is 4.79 Å². The molecule has 0 atom stereocenters. The van der Waals surface area contributed by atoms with E-state index in [-0.39, 0.29) is 5.96 Å². The maximum absolute atomic E-state index is 10.9. The van der Waals surface area contributed by atoms with Crippen LogP contribution in [-0.4, -0.2) is 25.8 Å². The van der Waals surface area contributed by atoms with E-state index in [0.717, 1.165) is 6.42 Å². The monoisotopic (exact) mass is 285 g/mol. The third-order valence-corrected chi connectivity index (χ3v) is 2.40. The number of hydrogen-bond acceptors (Lipinski definition) is 4. The van der Waals surface area contributed by atoms with Gasteiger partial charge in [-0.1, -0.05) is 18.5 Å². The Morgan fingerprint density at radius 3 is 2.79 bits per heavy atom. The number of anilines is 1. The van der Waals surface area contributed by atoms with Gasteiger partial charge in [-0.2, -0.15) is 0 Å². The number of guanidine groups is 1. The van der Waals surface area contributed by atoms with Gasteiger partial charge in [-0.25, -0.2) is 4.79 Å². The molecule has 0 aromatic heterocycles. The number of halogens is 1. The molecule has 0 aliphatic carbocycles. The number of carbonyl (C=O) groups is 1. The first kappa shape index (κ1) is 15.1. The lowest BCUT2D eigenvalue weighted by molar-refractivity contribution is 0.176. The minimum absolute atomic E-state index is 0.226. The van der Waals surface area contributed by atoms with E-state index >= 15 is 0 Å². The highest BCUT2D eigenvalue weighted by Crippen LogP contribution is 2.26. The maximum Gasteiger partial charge on any atom is 0.413 e. The van der Waals surface area contributed by atoms with Crippen LogP contribution in [-0.2, 0) is 4.74 Å². The van der Waals surface area contributed by atoms with E-state index in [0.29, 0.717) is 23.1 Å². The van der Waals surface area contributed by atoms with Crippen molar-refractivity contribution in [1.82, 2.24) is 5.32 Å². The van der Waals surface area contributed by atoms with Crippen molar-refractivity contribution in [2.75, 3.05) is 19.0 Å². The molecule has 0 spiro atoms. The van der Waals surface area contributed by atoms with Crippen molar-refractivity contribution in [2.24, 2.45) is 0 Å². The smallest absolute Gasteiger partial charge is 0.413 e. The van der Waals surface area contributed by atoms with Gasteiger partial charge in [0.15, 0.2) is 0 Å². The summed E-state index contributed by atoms with van der Waals surface area (Å²) in [5, 5.41) is 12.7. The molecule has 19 heavy (non-hydrogen) atoms. The molecule has 0 saturated heterocycles. The summed E-state index contributed by atoms with van der Waals surface area (Å²) >= 11 is 6.04. The first-order chi connectivity index (χ1) is 9.06. The Morgan fingerprint density at radius 1 is 1.47 bits per heavy atom. The van der Waals surface area contributed by atoms with Gasteiger partial charge in [0.1, 0.15) is 5.75 Å². The summed E-state index contributed by atoms with van der Waals surface area (Å²) in [6, 6.07) is 5.04. The molecule has 0 unspecified atom stereocenters. The lowest BCUT2D eigenvalue weighted by atomic mass is 10.3. The van der Waals surface area contributed by atoms with Gasteiger partial charge in [0.05, 0.1) is 24.4 Å². The molecule has 1 aromatic carbocycles. The third kappa shape index (κ3) is 5.05. The molecule has 6 nitrogen and oxygen atoms in total. The summed E-state index contributed by atoms with van der Waals surface area (Å²) in [5.41, 5.74) is 0.493. The Kier molecular flexibility index (Phi) is 5.95. The van der Waals surface area contributed by atoms with Gasteiger partial charge in [0, 0.05) is 6.07 Å². The van der Waals surface area contributed by atoms with Crippen LogP contribution >= 0.6 is 11.6 Å². The van der Waals surface area contributed by atoms with Crippen molar-refractivity contribution in [3.8, 4) is 5.75 Å². The molecule has 0 aliphatic rings. The molecule has 0 saturated carbocycles. The van der Waals surface area contributed by atoms with Gasteiger partial charge in [-0.3, -0.25) is 10.7 Å². The average Bonchev–Trinajstić information content (AvgIpc) is 2.39. The molecule has 1 amide bonds. The van der Waals surface area contributed by atoms with Gasteiger partial charge in [0.2, 0.25) is 5.96 Å². The fraction of sp³-hybridized carbons (Fsp3) is 0.333. The second-order valence-electron chi connectivity index (χ2n) is 3.61. The van der Waals surface area contributed by atoms with Crippen LogP contribution in [0.4, 0.5) is 10.5 Å². The highest BCUT2D eigenvalue weighted by Gasteiger charge is 2.07. The number of carbonyl (C=O) groups excluding carboxylic acids is 1. The zero-order valence-electron chi connectivity index (χ0n) is 10.7. The van der Waals surface area contributed by atoms with Crippen molar-refractivity contribution < 1.29 is 14.3 Å². The Hall–Kier alpha value is -1.95. The molecular formula is C12H16ClN3O3. The Labute approximate surface area is 116 Å². The van der Waals surface area contributed by atoms with Crippen LogP contribution in [0, 0.1) is 5.41 Å². The van der Waals surface area contributed by atoms with Crippen LogP contribution in [0.5, 0.6) is 5.75 Å². The van der Waals surface area contributed by atoms with Crippen molar-refractivity contribution in [3.63, 3.8) is 0 Å². The van der Waals surface area contributed by atoms with Crippen LogP contribution in [0.2, 0.25) is 5.02 Å². The number of rotatable bonds is 4. The minimum atomic E-state index is -0.725. The summed E-state index contributed by atoms with van der Waals surface area (Å²) in [6.45, 7) is 2.63. The number of benzene rings is 1. The quantitative estimate of drug-likeness (QED) is 0.587. The number of ether oxygens (including phenoxy) is 2. The Balaban J connectivity index is 2.64. The van der Waals surface area contributed by atoms with E-state index in [1.54, 1.807) is 18.2 Å². The fourth-order valence-electron chi connectivity index (χ4n) is 1.23. The van der Waals surface area contributed by atoms with Gasteiger partial charge in [0.25, 0.3) is 0 Å². The topological polar surface area (TPSA) is 83.4 Å². The number of nitrogens with one attached hydrogen (secondary N) is 3. The molecule has 0 aliphatic heterocycles. The first-order valence-corrected chi connectivity index (χ1v) is 6.07. The number of hydrogen-bond donors (Lipinski definition) is 3. The molecular weight excluding hydrogens is 270 g/mol. The Bertz CT molecular complexity index is 466. The molecule has 104 valence electrons. The summed E-state index contributed by atoms with van der Waals surface area (Å²) in [6.07, 6.45) is 0.183. The van der Waals surface area contributed by atoms with E-state index < -0.39 is 6.09 Å². The number of alkyl carbamates (subject to hydrolysis) is 1. The van der Waals surface area contributed by atoms with Crippen LogP contribution in [0.3, 0.4) is 0 Å². The lowest BCUT2D eigenvalue weighted by Crippen LogP contribution is -2.34. The molecule has 0 heterocycles. The Morgan fingerprint density at radius 2 is 2.21 bits per heavy atom. The fourth-order valence-corrected chi connectivity index (χ4v) is 1.44. The highest BCUT2D eigenvalue weighted by molar-refractivity contribution is 6.33. The van der Waals surface area contributed by atoms with Crippen molar-refractivity contribution >= 4 is 29.3 Å². The maximum atomic E-state index is 10.9. The van der Waals surface area contributed by atoms with Crippen LogP contribution in [0.1, 0.15) is 13.3 Å². The van der Waals surface area contributed by atoms with E-state index in [1.807, 2.05) is 6.92 Å². The average molecular weight is 286 g/mol. The molecule has 7 heteroatoms. The van der Waals surface area contributed by atoms with Crippen molar-refractivity contribution in [3.05, 3.63) is 23.2 Å². The van der Waals surface area contributed by atoms with Gasteiger partial charge < -0.3 is 14.8 Å². The minimum Gasteiger partial charge on any atom is -0.494 e. The predicted molar refractivity (Wildman–Crippen MR) is 74.1 cm³/mol. The molecule has 1 aromatic rings. The number of methoxy groups -OCH3 is 1. The second-order valence-corrected chi connectivity index (χ2v) is 4.01. The normalized spacial score (nSPS) is 9.63. The van der Waals surface area contributed by atoms with Crippen molar-refractivity contribution in [1.29, 1.82) is 5.41 Å². The van der Waals surface area contributed by atoms with Gasteiger partial charge >= 0.3 is 6.09 Å². The van der Waals surface area contributed by atoms with Crippen LogP contribution in [0.25, 0.3) is 0 Å². The third-order valence-electron chi connectivity index (χ3n) is 2.09. The van der Waals surface area contributed by atoms with E-state index in [4.69, 9.17) is 21.7 Å². The first-order valence-electron chi connectivity index (χ1n) is 5.69.